The molecule has 2 unspecified atom stereocenters. The van der Waals surface area contributed by atoms with Crippen molar-refractivity contribution in [1.29, 1.82) is 0 Å². The Morgan fingerprint density at radius 3 is 2.92 bits per heavy atom. The van der Waals surface area contributed by atoms with Crippen molar-refractivity contribution < 1.29 is 14.3 Å². The monoisotopic (exact) mass is 353 g/mol. The van der Waals surface area contributed by atoms with Gasteiger partial charge in [-0.2, -0.15) is 0 Å². The van der Waals surface area contributed by atoms with Crippen molar-refractivity contribution in [2.24, 2.45) is 0 Å². The van der Waals surface area contributed by atoms with Crippen LogP contribution in [0.4, 0.5) is 0 Å². The summed E-state index contributed by atoms with van der Waals surface area (Å²) in [6, 6.07) is 7.51. The van der Waals surface area contributed by atoms with E-state index in [1.807, 2.05) is 31.2 Å². The highest BCUT2D eigenvalue weighted by Gasteiger charge is 2.34. The van der Waals surface area contributed by atoms with Gasteiger partial charge in [0.1, 0.15) is 12.1 Å². The van der Waals surface area contributed by atoms with Crippen LogP contribution in [0.5, 0.6) is 0 Å². The number of ether oxygens (including phenoxy) is 2. The molecule has 0 aromatic heterocycles. The fourth-order valence-corrected chi connectivity index (χ4v) is 3.31. The van der Waals surface area contributed by atoms with Gasteiger partial charge in [-0.05, 0) is 37.5 Å². The van der Waals surface area contributed by atoms with Gasteiger partial charge in [0.05, 0.1) is 12.6 Å². The predicted molar refractivity (Wildman–Crippen MR) is 91.7 cm³/mol. The zero-order valence-electron chi connectivity index (χ0n) is 13.8. The van der Waals surface area contributed by atoms with Crippen molar-refractivity contribution in [2.45, 2.75) is 44.0 Å². The molecule has 2 fully saturated rings. The van der Waals surface area contributed by atoms with E-state index in [2.05, 4.69) is 16.2 Å². The van der Waals surface area contributed by atoms with Crippen LogP contribution in [0.3, 0.4) is 0 Å². The molecule has 4 atom stereocenters. The summed E-state index contributed by atoms with van der Waals surface area (Å²) in [5.74, 6) is -0.00411. The summed E-state index contributed by atoms with van der Waals surface area (Å²) in [5.41, 5.74) is 7.39. The number of amides is 1. The van der Waals surface area contributed by atoms with Gasteiger partial charge in [-0.3, -0.25) is 4.79 Å². The Morgan fingerprint density at radius 2 is 2.17 bits per heavy atom. The van der Waals surface area contributed by atoms with Gasteiger partial charge in [0.15, 0.2) is 0 Å². The molecule has 2 heterocycles. The summed E-state index contributed by atoms with van der Waals surface area (Å²) in [5, 5.41) is 3.82. The molecule has 1 amide bonds. The largest absolute Gasteiger partial charge is 0.379 e. The first-order valence-corrected chi connectivity index (χ1v) is 8.81. The first-order chi connectivity index (χ1) is 11.7. The van der Waals surface area contributed by atoms with E-state index in [1.165, 1.54) is 0 Å². The Hall–Kier alpha value is -1.18. The van der Waals surface area contributed by atoms with Gasteiger partial charge in [0, 0.05) is 24.3 Å². The highest BCUT2D eigenvalue weighted by atomic mass is 35.5. The van der Waals surface area contributed by atoms with E-state index in [9.17, 15) is 4.79 Å². The quantitative estimate of drug-likeness (QED) is 0.749. The number of carbonyl (C=O) groups excluding carboxylic acids is 1. The average Bonchev–Trinajstić information content (AvgIpc) is 3.08. The third-order valence-electron chi connectivity index (χ3n) is 4.50. The Bertz CT molecular complexity index is 553. The number of carbonyl (C=O) groups is 1. The fraction of sp³-hybridized carbons (Fsp3) is 0.588. The highest BCUT2D eigenvalue weighted by molar-refractivity contribution is 6.30. The minimum Gasteiger partial charge on any atom is -0.379 e. The van der Waals surface area contributed by atoms with Crippen LogP contribution in [0.1, 0.15) is 31.4 Å². The van der Waals surface area contributed by atoms with E-state index < -0.39 is 0 Å². The lowest BCUT2D eigenvalue weighted by atomic mass is 10.0. The van der Waals surface area contributed by atoms with Crippen LogP contribution in [-0.2, 0) is 14.3 Å². The average molecular weight is 354 g/mol. The van der Waals surface area contributed by atoms with Crippen molar-refractivity contribution in [3.8, 4) is 0 Å². The third-order valence-corrected chi connectivity index (χ3v) is 4.76. The summed E-state index contributed by atoms with van der Waals surface area (Å²) >= 11 is 5.92. The minimum absolute atomic E-state index is 0.00239. The summed E-state index contributed by atoms with van der Waals surface area (Å²) in [6.07, 6.45) is 1.39. The van der Waals surface area contributed by atoms with Gasteiger partial charge in [0.25, 0.3) is 0 Å². The molecule has 0 spiro atoms. The molecule has 2 aliphatic heterocycles. The zero-order valence-corrected chi connectivity index (χ0v) is 14.5. The summed E-state index contributed by atoms with van der Waals surface area (Å²) in [6.45, 7) is 3.75. The standard InChI is InChI=1S/C17H24ClN3O3/c1-2-24-16-10-23-8-7-13(16)19-17(22)15-9-14(20-21-15)11-3-5-12(18)6-4-11/h3-6,13-16,20-21H,2,7-10H2,1H3,(H,19,22)/t13-,14?,15?,16-/m1/s1. The second-order valence-corrected chi connectivity index (χ2v) is 6.59. The number of halogens is 1. The first kappa shape index (κ1) is 17.6. The molecule has 2 saturated heterocycles. The maximum atomic E-state index is 12.6. The Morgan fingerprint density at radius 1 is 1.38 bits per heavy atom. The molecule has 0 bridgehead atoms. The maximum Gasteiger partial charge on any atom is 0.238 e. The Labute approximate surface area is 147 Å². The van der Waals surface area contributed by atoms with Crippen LogP contribution >= 0.6 is 11.6 Å². The van der Waals surface area contributed by atoms with E-state index in [0.717, 1.165) is 12.0 Å². The fourth-order valence-electron chi connectivity index (χ4n) is 3.18. The summed E-state index contributed by atoms with van der Waals surface area (Å²) in [7, 11) is 0. The van der Waals surface area contributed by atoms with E-state index in [0.29, 0.717) is 31.3 Å². The molecule has 132 valence electrons. The van der Waals surface area contributed by atoms with Crippen LogP contribution in [0, 0.1) is 0 Å². The topological polar surface area (TPSA) is 71.6 Å². The summed E-state index contributed by atoms with van der Waals surface area (Å²) in [4.78, 5) is 12.6. The molecule has 7 heteroatoms. The molecule has 3 rings (SSSR count). The predicted octanol–water partition coefficient (Wildman–Crippen LogP) is 1.56. The highest BCUT2D eigenvalue weighted by Crippen LogP contribution is 2.24. The van der Waals surface area contributed by atoms with E-state index in [4.69, 9.17) is 21.1 Å². The van der Waals surface area contributed by atoms with Gasteiger partial charge < -0.3 is 14.8 Å². The van der Waals surface area contributed by atoms with Gasteiger partial charge >= 0.3 is 0 Å². The SMILES string of the molecule is CCO[C@@H]1COCC[C@H]1NC(=O)C1CC(c2ccc(Cl)cc2)NN1. The van der Waals surface area contributed by atoms with Gasteiger partial charge in [-0.25, -0.2) is 10.9 Å². The van der Waals surface area contributed by atoms with Gasteiger partial charge in [0.2, 0.25) is 5.91 Å². The van der Waals surface area contributed by atoms with E-state index >= 15 is 0 Å². The molecule has 0 saturated carbocycles. The van der Waals surface area contributed by atoms with Crippen molar-refractivity contribution in [1.82, 2.24) is 16.2 Å². The molecule has 6 nitrogen and oxygen atoms in total. The normalized spacial score (nSPS) is 30.2. The van der Waals surface area contributed by atoms with Crippen LogP contribution in [0.2, 0.25) is 5.02 Å². The molecule has 2 aliphatic rings. The summed E-state index contributed by atoms with van der Waals surface area (Å²) < 4.78 is 11.1. The number of rotatable bonds is 5. The number of hydrazine groups is 1. The lowest BCUT2D eigenvalue weighted by Gasteiger charge is -2.32. The van der Waals surface area contributed by atoms with Crippen molar-refractivity contribution in [3.63, 3.8) is 0 Å². The lowest BCUT2D eigenvalue weighted by Crippen LogP contribution is -2.54. The van der Waals surface area contributed by atoms with E-state index in [-0.39, 0.29) is 30.1 Å². The molecule has 0 radical (unpaired) electrons. The molecule has 24 heavy (non-hydrogen) atoms. The van der Waals surface area contributed by atoms with Gasteiger partial charge in [-0.1, -0.05) is 23.7 Å². The first-order valence-electron chi connectivity index (χ1n) is 8.43. The molecule has 3 N–H and O–H groups in total. The van der Waals surface area contributed by atoms with Crippen molar-refractivity contribution in [2.75, 3.05) is 19.8 Å². The molecule has 1 aromatic carbocycles. The lowest BCUT2D eigenvalue weighted by molar-refractivity contribution is -0.127. The van der Waals surface area contributed by atoms with Crippen LogP contribution in [0.15, 0.2) is 24.3 Å². The minimum atomic E-state index is -0.268. The molecule has 0 aliphatic carbocycles. The smallest absolute Gasteiger partial charge is 0.238 e. The maximum absolute atomic E-state index is 12.6. The van der Waals surface area contributed by atoms with Gasteiger partial charge in [-0.15, -0.1) is 0 Å². The molecular formula is C17H24ClN3O3. The third kappa shape index (κ3) is 4.26. The number of nitrogens with one attached hydrogen (secondary N) is 3. The Balaban J connectivity index is 1.55. The van der Waals surface area contributed by atoms with Crippen molar-refractivity contribution in [3.05, 3.63) is 34.9 Å². The number of hydrogen-bond donors (Lipinski definition) is 3. The van der Waals surface area contributed by atoms with Crippen LogP contribution < -0.4 is 16.2 Å². The van der Waals surface area contributed by atoms with E-state index in [1.54, 1.807) is 0 Å². The Kier molecular flexibility index (Phi) is 6.08. The molecular weight excluding hydrogens is 330 g/mol. The van der Waals surface area contributed by atoms with Crippen LogP contribution in [0.25, 0.3) is 0 Å². The van der Waals surface area contributed by atoms with Crippen molar-refractivity contribution >= 4 is 17.5 Å². The number of benzene rings is 1. The zero-order chi connectivity index (χ0) is 16.9. The number of hydrogen-bond acceptors (Lipinski definition) is 5. The second kappa shape index (κ2) is 8.27. The second-order valence-electron chi connectivity index (χ2n) is 6.15. The molecule has 1 aromatic rings. The van der Waals surface area contributed by atoms with Crippen LogP contribution in [-0.4, -0.2) is 43.9 Å².